The first kappa shape index (κ1) is 18.9. The Kier molecular flexibility index (Phi) is 6.04. The molecule has 1 heterocycles. The van der Waals surface area contributed by atoms with Crippen LogP contribution in [-0.4, -0.2) is 22.8 Å². The van der Waals surface area contributed by atoms with Crippen molar-refractivity contribution in [3.05, 3.63) is 88.2 Å². The van der Waals surface area contributed by atoms with Crippen LogP contribution in [0.3, 0.4) is 0 Å². The Morgan fingerprint density at radius 3 is 2.59 bits per heavy atom. The second-order valence-electron chi connectivity index (χ2n) is 6.68. The Morgan fingerprint density at radius 2 is 1.85 bits per heavy atom. The predicted octanol–water partition coefficient (Wildman–Crippen LogP) is 3.62. The van der Waals surface area contributed by atoms with Crippen molar-refractivity contribution in [3.63, 3.8) is 0 Å². The van der Waals surface area contributed by atoms with Crippen LogP contribution < -0.4 is 5.32 Å². The first-order valence-electron chi connectivity index (χ1n) is 9.00. The molecule has 1 amide bonds. The molecule has 0 fully saturated rings. The summed E-state index contributed by atoms with van der Waals surface area (Å²) in [7, 11) is 1.63. The quantitative estimate of drug-likeness (QED) is 0.697. The van der Waals surface area contributed by atoms with Crippen LogP contribution in [-0.2, 0) is 24.4 Å². The summed E-state index contributed by atoms with van der Waals surface area (Å²) in [4.78, 5) is 12.6. The average molecular weight is 363 g/mol. The highest BCUT2D eigenvalue weighted by molar-refractivity contribution is 5.95. The fourth-order valence-electron chi connectivity index (χ4n) is 3.15. The standard InChI is InChI=1S/C22H25N3O2/c1-16-11-17(2)25(24-16)14-19-8-6-7-18(12-19)13-23-22(26)21-10-5-4-9-20(21)15-27-3/h4-12H,13-15H2,1-3H3,(H,23,26). The molecule has 5 nitrogen and oxygen atoms in total. The Labute approximate surface area is 160 Å². The lowest BCUT2D eigenvalue weighted by Gasteiger charge is -2.11. The first-order chi connectivity index (χ1) is 13.1. The zero-order valence-corrected chi connectivity index (χ0v) is 16.0. The monoisotopic (exact) mass is 363 g/mol. The van der Waals surface area contributed by atoms with E-state index in [0.717, 1.165) is 34.6 Å². The number of carbonyl (C=O) groups excluding carboxylic acids is 1. The minimum atomic E-state index is -0.0911. The van der Waals surface area contributed by atoms with Gasteiger partial charge in [0.2, 0.25) is 0 Å². The molecule has 1 aromatic heterocycles. The molecule has 2 aromatic carbocycles. The van der Waals surface area contributed by atoms with Gasteiger partial charge < -0.3 is 10.1 Å². The van der Waals surface area contributed by atoms with Crippen LogP contribution >= 0.6 is 0 Å². The van der Waals surface area contributed by atoms with Gasteiger partial charge in [-0.15, -0.1) is 0 Å². The highest BCUT2D eigenvalue weighted by Crippen LogP contribution is 2.12. The van der Waals surface area contributed by atoms with Crippen LogP contribution in [0.2, 0.25) is 0 Å². The number of amides is 1. The largest absolute Gasteiger partial charge is 0.380 e. The molecule has 5 heteroatoms. The number of rotatable bonds is 7. The van der Waals surface area contributed by atoms with E-state index in [1.54, 1.807) is 7.11 Å². The van der Waals surface area contributed by atoms with Gasteiger partial charge in [-0.3, -0.25) is 9.48 Å². The van der Waals surface area contributed by atoms with Gasteiger partial charge >= 0.3 is 0 Å². The van der Waals surface area contributed by atoms with Crippen molar-refractivity contribution in [1.82, 2.24) is 15.1 Å². The molecule has 140 valence electrons. The third-order valence-electron chi connectivity index (χ3n) is 4.44. The highest BCUT2D eigenvalue weighted by atomic mass is 16.5. The van der Waals surface area contributed by atoms with Gasteiger partial charge in [0.15, 0.2) is 0 Å². The second-order valence-corrected chi connectivity index (χ2v) is 6.68. The molecule has 0 spiro atoms. The topological polar surface area (TPSA) is 56.1 Å². The maximum atomic E-state index is 12.6. The molecule has 0 bridgehead atoms. The maximum Gasteiger partial charge on any atom is 0.251 e. The lowest BCUT2D eigenvalue weighted by molar-refractivity contribution is 0.0946. The number of benzene rings is 2. The summed E-state index contributed by atoms with van der Waals surface area (Å²) < 4.78 is 7.17. The summed E-state index contributed by atoms with van der Waals surface area (Å²) in [5, 5.41) is 7.52. The number of hydrogen-bond donors (Lipinski definition) is 1. The summed E-state index contributed by atoms with van der Waals surface area (Å²) in [6.45, 7) is 5.67. The summed E-state index contributed by atoms with van der Waals surface area (Å²) in [6, 6.07) is 17.8. The van der Waals surface area contributed by atoms with Crippen LogP contribution in [0.25, 0.3) is 0 Å². The summed E-state index contributed by atoms with van der Waals surface area (Å²) in [5.74, 6) is -0.0911. The summed E-state index contributed by atoms with van der Waals surface area (Å²) >= 11 is 0. The van der Waals surface area contributed by atoms with Gasteiger partial charge in [-0.1, -0.05) is 42.5 Å². The minimum Gasteiger partial charge on any atom is -0.380 e. The van der Waals surface area contributed by atoms with Crippen molar-refractivity contribution in [2.24, 2.45) is 0 Å². The van der Waals surface area contributed by atoms with E-state index in [0.29, 0.717) is 18.7 Å². The second kappa shape index (κ2) is 8.64. The van der Waals surface area contributed by atoms with Gasteiger partial charge in [-0.05, 0) is 42.7 Å². The number of methoxy groups -OCH3 is 1. The van der Waals surface area contributed by atoms with E-state index < -0.39 is 0 Å². The van der Waals surface area contributed by atoms with Crippen molar-refractivity contribution in [1.29, 1.82) is 0 Å². The molecular weight excluding hydrogens is 338 g/mol. The molecule has 0 aliphatic rings. The number of nitrogens with one attached hydrogen (secondary N) is 1. The zero-order valence-electron chi connectivity index (χ0n) is 16.0. The molecule has 0 aliphatic carbocycles. The van der Waals surface area contributed by atoms with Crippen molar-refractivity contribution in [2.75, 3.05) is 7.11 Å². The number of carbonyl (C=O) groups is 1. The Morgan fingerprint density at radius 1 is 1.07 bits per heavy atom. The highest BCUT2D eigenvalue weighted by Gasteiger charge is 2.10. The van der Waals surface area contributed by atoms with Gasteiger partial charge in [0.1, 0.15) is 0 Å². The van der Waals surface area contributed by atoms with Crippen LogP contribution in [0.15, 0.2) is 54.6 Å². The van der Waals surface area contributed by atoms with E-state index in [9.17, 15) is 4.79 Å². The fraction of sp³-hybridized carbons (Fsp3) is 0.273. The molecule has 3 aromatic rings. The van der Waals surface area contributed by atoms with Crippen molar-refractivity contribution in [3.8, 4) is 0 Å². The number of aryl methyl sites for hydroxylation is 2. The van der Waals surface area contributed by atoms with Gasteiger partial charge in [0, 0.05) is 24.9 Å². The Hall–Kier alpha value is -2.92. The van der Waals surface area contributed by atoms with Crippen LogP contribution in [0, 0.1) is 13.8 Å². The Bertz CT molecular complexity index is 931. The number of hydrogen-bond acceptors (Lipinski definition) is 3. The molecule has 0 saturated carbocycles. The number of ether oxygens (including phenoxy) is 1. The molecule has 0 saturated heterocycles. The summed E-state index contributed by atoms with van der Waals surface area (Å²) in [6.07, 6.45) is 0. The molecule has 0 atom stereocenters. The molecule has 27 heavy (non-hydrogen) atoms. The fourth-order valence-corrected chi connectivity index (χ4v) is 3.15. The molecular formula is C22H25N3O2. The van der Waals surface area contributed by atoms with E-state index in [1.165, 1.54) is 0 Å². The smallest absolute Gasteiger partial charge is 0.251 e. The lowest BCUT2D eigenvalue weighted by Crippen LogP contribution is -2.24. The molecule has 3 rings (SSSR count). The van der Waals surface area contributed by atoms with Gasteiger partial charge in [0.05, 0.1) is 18.8 Å². The van der Waals surface area contributed by atoms with E-state index in [-0.39, 0.29) is 5.91 Å². The zero-order chi connectivity index (χ0) is 19.2. The van der Waals surface area contributed by atoms with Crippen LogP contribution in [0.1, 0.15) is 38.4 Å². The van der Waals surface area contributed by atoms with Gasteiger partial charge in [-0.25, -0.2) is 0 Å². The number of aromatic nitrogens is 2. The molecule has 0 unspecified atom stereocenters. The van der Waals surface area contributed by atoms with Gasteiger partial charge in [-0.2, -0.15) is 5.10 Å². The average Bonchev–Trinajstić information content (AvgIpc) is 2.98. The SMILES string of the molecule is COCc1ccccc1C(=O)NCc1cccc(Cn2nc(C)cc2C)c1. The lowest BCUT2D eigenvalue weighted by atomic mass is 10.1. The summed E-state index contributed by atoms with van der Waals surface area (Å²) in [5.41, 5.74) is 5.92. The molecule has 1 N–H and O–H groups in total. The Balaban J connectivity index is 1.66. The van der Waals surface area contributed by atoms with Crippen LogP contribution in [0.4, 0.5) is 0 Å². The molecule has 0 radical (unpaired) electrons. The van der Waals surface area contributed by atoms with Crippen molar-refractivity contribution in [2.45, 2.75) is 33.5 Å². The van der Waals surface area contributed by atoms with Crippen molar-refractivity contribution >= 4 is 5.91 Å². The van der Waals surface area contributed by atoms with E-state index in [2.05, 4.69) is 35.5 Å². The van der Waals surface area contributed by atoms with Gasteiger partial charge in [0.25, 0.3) is 5.91 Å². The molecule has 0 aliphatic heterocycles. The first-order valence-corrected chi connectivity index (χ1v) is 9.00. The van der Waals surface area contributed by atoms with E-state index in [4.69, 9.17) is 4.74 Å². The van der Waals surface area contributed by atoms with Crippen molar-refractivity contribution < 1.29 is 9.53 Å². The third kappa shape index (κ3) is 4.83. The number of nitrogens with zero attached hydrogens (tertiary/aromatic N) is 2. The maximum absolute atomic E-state index is 12.6. The van der Waals surface area contributed by atoms with Crippen LogP contribution in [0.5, 0.6) is 0 Å². The normalized spacial score (nSPS) is 10.8. The van der Waals surface area contributed by atoms with E-state index >= 15 is 0 Å². The van der Waals surface area contributed by atoms with E-state index in [1.807, 2.05) is 48.0 Å². The minimum absolute atomic E-state index is 0.0911. The predicted molar refractivity (Wildman–Crippen MR) is 106 cm³/mol. The third-order valence-corrected chi connectivity index (χ3v) is 4.44.